The highest BCUT2D eigenvalue weighted by molar-refractivity contribution is 8.93. The molecule has 1 heterocycles. The van der Waals surface area contributed by atoms with Crippen molar-refractivity contribution in [3.05, 3.63) is 71.8 Å². The topological polar surface area (TPSA) is 20.3 Å². The zero-order valence-corrected chi connectivity index (χ0v) is 19.0. The standard InChI is InChI=1S/C25H33NO.BrH/c1-3-24(27)25(22-14-8-6-9-15-22,23-16-10-7-11-17-23)21(2)20-26-18-12-4-5-13-19-26;/h6-11,14-17,21H,3-5,12-13,18-20H2,1-2H3;1H. The van der Waals surface area contributed by atoms with Crippen LogP contribution in [0.5, 0.6) is 0 Å². The van der Waals surface area contributed by atoms with E-state index in [-0.39, 0.29) is 22.9 Å². The summed E-state index contributed by atoms with van der Waals surface area (Å²) in [7, 11) is 0. The van der Waals surface area contributed by atoms with Gasteiger partial charge in [0.1, 0.15) is 5.78 Å². The number of benzene rings is 2. The lowest BCUT2D eigenvalue weighted by atomic mass is 9.63. The fraction of sp³-hybridized carbons (Fsp3) is 0.480. The van der Waals surface area contributed by atoms with Gasteiger partial charge in [0.2, 0.25) is 0 Å². The van der Waals surface area contributed by atoms with Crippen molar-refractivity contribution >= 4 is 22.8 Å². The summed E-state index contributed by atoms with van der Waals surface area (Å²) in [5.74, 6) is 0.537. The van der Waals surface area contributed by atoms with Gasteiger partial charge in [-0.25, -0.2) is 0 Å². The van der Waals surface area contributed by atoms with Gasteiger partial charge in [0.25, 0.3) is 0 Å². The van der Waals surface area contributed by atoms with E-state index in [1.54, 1.807) is 0 Å². The fourth-order valence-corrected chi connectivity index (χ4v) is 4.86. The number of likely N-dealkylation sites (tertiary alicyclic amines) is 1. The molecule has 1 aliphatic rings. The Kier molecular flexibility index (Phi) is 8.91. The Hall–Kier alpha value is -1.45. The summed E-state index contributed by atoms with van der Waals surface area (Å²) in [6.45, 7) is 7.56. The monoisotopic (exact) mass is 443 g/mol. The van der Waals surface area contributed by atoms with E-state index in [4.69, 9.17) is 0 Å². The lowest BCUT2D eigenvalue weighted by molar-refractivity contribution is -0.124. The van der Waals surface area contributed by atoms with Crippen LogP contribution < -0.4 is 0 Å². The van der Waals surface area contributed by atoms with Crippen LogP contribution in [0.25, 0.3) is 0 Å². The van der Waals surface area contributed by atoms with Crippen molar-refractivity contribution in [2.45, 2.75) is 51.4 Å². The van der Waals surface area contributed by atoms with Gasteiger partial charge in [-0.15, -0.1) is 17.0 Å². The molecule has 0 saturated carbocycles. The molecule has 28 heavy (non-hydrogen) atoms. The van der Waals surface area contributed by atoms with Crippen LogP contribution in [-0.2, 0) is 10.2 Å². The molecule has 2 aromatic carbocycles. The maximum absolute atomic E-state index is 13.6. The van der Waals surface area contributed by atoms with Crippen molar-refractivity contribution in [2.24, 2.45) is 5.92 Å². The zero-order chi connectivity index (χ0) is 19.1. The molecule has 1 saturated heterocycles. The van der Waals surface area contributed by atoms with Crippen molar-refractivity contribution in [2.75, 3.05) is 19.6 Å². The number of nitrogens with zero attached hydrogens (tertiary/aromatic N) is 1. The minimum absolute atomic E-state index is 0. The van der Waals surface area contributed by atoms with Crippen LogP contribution in [0.4, 0.5) is 0 Å². The molecule has 2 nitrogen and oxygen atoms in total. The highest BCUT2D eigenvalue weighted by Gasteiger charge is 2.45. The van der Waals surface area contributed by atoms with Crippen LogP contribution in [0, 0.1) is 5.92 Å². The van der Waals surface area contributed by atoms with Gasteiger partial charge in [0.05, 0.1) is 5.41 Å². The molecule has 1 aliphatic heterocycles. The van der Waals surface area contributed by atoms with Crippen molar-refractivity contribution in [3.63, 3.8) is 0 Å². The first kappa shape index (κ1) is 22.8. The number of carbonyl (C=O) groups excluding carboxylic acids is 1. The van der Waals surface area contributed by atoms with Crippen LogP contribution in [0.1, 0.15) is 57.1 Å². The maximum atomic E-state index is 13.6. The van der Waals surface area contributed by atoms with Gasteiger partial charge in [-0.2, -0.15) is 0 Å². The number of hydrogen-bond acceptors (Lipinski definition) is 2. The van der Waals surface area contributed by atoms with E-state index < -0.39 is 5.41 Å². The first-order valence-electron chi connectivity index (χ1n) is 10.6. The van der Waals surface area contributed by atoms with Crippen LogP contribution in [-0.4, -0.2) is 30.3 Å². The average molecular weight is 444 g/mol. The lowest BCUT2D eigenvalue weighted by Crippen LogP contribution is -2.47. The SMILES string of the molecule is Br.CCC(=O)C(c1ccccc1)(c1ccccc1)C(C)CN1CCCCCC1. The van der Waals surface area contributed by atoms with Crippen LogP contribution in [0.3, 0.4) is 0 Å². The van der Waals surface area contributed by atoms with Gasteiger partial charge >= 0.3 is 0 Å². The summed E-state index contributed by atoms with van der Waals surface area (Å²) in [6, 6.07) is 20.9. The van der Waals surface area contributed by atoms with Crippen molar-refractivity contribution in [1.29, 1.82) is 0 Å². The summed E-state index contributed by atoms with van der Waals surface area (Å²) in [5.41, 5.74) is 1.68. The molecule has 1 unspecified atom stereocenters. The zero-order valence-electron chi connectivity index (χ0n) is 17.3. The Bertz CT molecular complexity index is 668. The molecule has 0 spiro atoms. The third-order valence-corrected chi connectivity index (χ3v) is 6.19. The Labute approximate surface area is 181 Å². The summed E-state index contributed by atoms with van der Waals surface area (Å²) >= 11 is 0. The second-order valence-corrected chi connectivity index (χ2v) is 7.93. The third kappa shape index (κ3) is 4.75. The molecule has 0 amide bonds. The molecular weight excluding hydrogens is 410 g/mol. The molecule has 1 fully saturated rings. The molecule has 152 valence electrons. The molecule has 0 radical (unpaired) electrons. The number of carbonyl (C=O) groups is 1. The first-order chi connectivity index (χ1) is 13.2. The first-order valence-corrected chi connectivity index (χ1v) is 10.6. The minimum Gasteiger partial charge on any atom is -0.303 e. The molecule has 2 aromatic rings. The summed E-state index contributed by atoms with van der Waals surface area (Å²) in [4.78, 5) is 16.2. The van der Waals surface area contributed by atoms with Crippen molar-refractivity contribution in [3.8, 4) is 0 Å². The number of hydrogen-bond donors (Lipinski definition) is 0. The van der Waals surface area contributed by atoms with E-state index in [9.17, 15) is 4.79 Å². The van der Waals surface area contributed by atoms with Gasteiger partial charge in [-0.05, 0) is 43.0 Å². The Balaban J connectivity index is 0.00000280. The Morgan fingerprint density at radius 3 is 1.79 bits per heavy atom. The highest BCUT2D eigenvalue weighted by Crippen LogP contribution is 2.41. The average Bonchev–Trinajstić information content (AvgIpc) is 2.98. The van der Waals surface area contributed by atoms with Gasteiger partial charge in [-0.3, -0.25) is 4.79 Å². The second kappa shape index (κ2) is 10.9. The van der Waals surface area contributed by atoms with Crippen LogP contribution in [0.2, 0.25) is 0 Å². The highest BCUT2D eigenvalue weighted by atomic mass is 79.9. The van der Waals surface area contributed by atoms with Gasteiger partial charge in [0, 0.05) is 13.0 Å². The van der Waals surface area contributed by atoms with E-state index >= 15 is 0 Å². The molecule has 3 heteroatoms. The quantitative estimate of drug-likeness (QED) is 0.519. The molecular formula is C25H34BrNO. The van der Waals surface area contributed by atoms with Crippen molar-refractivity contribution < 1.29 is 4.79 Å². The van der Waals surface area contributed by atoms with Crippen LogP contribution in [0.15, 0.2) is 60.7 Å². The van der Waals surface area contributed by atoms with E-state index in [0.29, 0.717) is 12.2 Å². The normalized spacial score (nSPS) is 16.6. The smallest absolute Gasteiger partial charge is 0.147 e. The Morgan fingerprint density at radius 2 is 1.36 bits per heavy atom. The van der Waals surface area contributed by atoms with Crippen LogP contribution >= 0.6 is 17.0 Å². The van der Waals surface area contributed by atoms with E-state index in [2.05, 4.69) is 60.4 Å². The summed E-state index contributed by atoms with van der Waals surface area (Å²) in [5, 5.41) is 0. The van der Waals surface area contributed by atoms with E-state index in [0.717, 1.165) is 30.8 Å². The third-order valence-electron chi connectivity index (χ3n) is 6.19. The molecule has 0 aliphatic carbocycles. The molecule has 3 rings (SSSR count). The number of ketones is 1. The van der Waals surface area contributed by atoms with Gasteiger partial charge in [-0.1, -0.05) is 87.4 Å². The Morgan fingerprint density at radius 1 is 0.893 bits per heavy atom. The summed E-state index contributed by atoms with van der Waals surface area (Å²) < 4.78 is 0. The molecule has 0 aromatic heterocycles. The van der Waals surface area contributed by atoms with E-state index in [1.165, 1.54) is 25.7 Å². The van der Waals surface area contributed by atoms with Crippen molar-refractivity contribution in [1.82, 2.24) is 4.90 Å². The minimum atomic E-state index is -0.580. The number of rotatable bonds is 7. The fourth-order valence-electron chi connectivity index (χ4n) is 4.86. The lowest BCUT2D eigenvalue weighted by Gasteiger charge is -2.41. The number of halogens is 1. The molecule has 0 bridgehead atoms. The molecule has 1 atom stereocenters. The summed E-state index contributed by atoms with van der Waals surface area (Å²) in [6.07, 6.45) is 5.77. The van der Waals surface area contributed by atoms with Gasteiger partial charge in [0.15, 0.2) is 0 Å². The maximum Gasteiger partial charge on any atom is 0.147 e. The predicted octanol–water partition coefficient (Wildman–Crippen LogP) is 6.04. The molecule has 0 N–H and O–H groups in total. The second-order valence-electron chi connectivity index (χ2n) is 7.93. The largest absolute Gasteiger partial charge is 0.303 e. The predicted molar refractivity (Wildman–Crippen MR) is 123 cm³/mol. The van der Waals surface area contributed by atoms with E-state index in [1.807, 2.05) is 19.1 Å². The number of Topliss-reactive ketones (excluding diaryl/α,β-unsaturated/α-hetero) is 1. The van der Waals surface area contributed by atoms with Gasteiger partial charge < -0.3 is 4.90 Å².